The van der Waals surface area contributed by atoms with Crippen molar-refractivity contribution in [3.8, 4) is 11.5 Å². The molecule has 0 aliphatic carbocycles. The molecule has 0 spiro atoms. The summed E-state index contributed by atoms with van der Waals surface area (Å²) in [5.41, 5.74) is 7.25. The monoisotopic (exact) mass is 384 g/mol. The first kappa shape index (κ1) is 21.3. The fourth-order valence-electron chi connectivity index (χ4n) is 2.57. The molecule has 0 atom stereocenters. The van der Waals surface area contributed by atoms with Crippen LogP contribution in [0, 0.1) is 6.92 Å². The Morgan fingerprint density at radius 3 is 2.54 bits per heavy atom. The van der Waals surface area contributed by atoms with Gasteiger partial charge in [-0.2, -0.15) is 0 Å². The van der Waals surface area contributed by atoms with E-state index < -0.39 is 11.8 Å². The maximum Gasteiger partial charge on any atom is 0.276 e. The molecular formula is C22H28N2O4. The highest BCUT2D eigenvalue weighted by Crippen LogP contribution is 2.27. The molecular weight excluding hydrogens is 356 g/mol. The highest BCUT2D eigenvalue weighted by atomic mass is 16.5. The molecule has 0 saturated carbocycles. The van der Waals surface area contributed by atoms with Crippen molar-refractivity contribution in [1.29, 1.82) is 0 Å². The van der Waals surface area contributed by atoms with Gasteiger partial charge in [0.2, 0.25) is 0 Å². The summed E-state index contributed by atoms with van der Waals surface area (Å²) in [4.78, 5) is 24.3. The molecule has 0 aromatic heterocycles. The van der Waals surface area contributed by atoms with Crippen LogP contribution in [0.1, 0.15) is 54.6 Å². The van der Waals surface area contributed by atoms with E-state index in [0.29, 0.717) is 23.7 Å². The molecule has 2 aromatic rings. The molecule has 0 saturated heterocycles. The molecule has 0 heterocycles. The van der Waals surface area contributed by atoms with Crippen LogP contribution in [0.5, 0.6) is 11.5 Å². The quantitative estimate of drug-likeness (QED) is 0.680. The molecule has 2 amide bonds. The number of hydrazine groups is 1. The highest BCUT2D eigenvalue weighted by molar-refractivity contribution is 5.95. The van der Waals surface area contributed by atoms with E-state index in [1.165, 1.54) is 0 Å². The zero-order chi connectivity index (χ0) is 20.5. The number of carbonyl (C=O) groups excluding carboxylic acids is 2. The van der Waals surface area contributed by atoms with E-state index in [4.69, 9.17) is 9.47 Å². The van der Waals surface area contributed by atoms with Gasteiger partial charge in [-0.15, -0.1) is 0 Å². The van der Waals surface area contributed by atoms with Crippen molar-refractivity contribution >= 4 is 11.8 Å². The van der Waals surface area contributed by atoms with Crippen molar-refractivity contribution in [3.63, 3.8) is 0 Å². The zero-order valence-electron chi connectivity index (χ0n) is 16.9. The molecule has 6 nitrogen and oxygen atoms in total. The van der Waals surface area contributed by atoms with E-state index in [9.17, 15) is 9.59 Å². The van der Waals surface area contributed by atoms with E-state index in [-0.39, 0.29) is 12.5 Å². The summed E-state index contributed by atoms with van der Waals surface area (Å²) < 4.78 is 11.2. The number of hydrogen-bond acceptors (Lipinski definition) is 4. The molecule has 150 valence electrons. The molecule has 0 bridgehead atoms. The number of aryl methyl sites for hydroxylation is 1. The first-order chi connectivity index (χ1) is 13.4. The predicted molar refractivity (Wildman–Crippen MR) is 109 cm³/mol. The van der Waals surface area contributed by atoms with Gasteiger partial charge in [-0.1, -0.05) is 39.0 Å². The number of nitrogens with one attached hydrogen (secondary N) is 2. The largest absolute Gasteiger partial charge is 0.494 e. The van der Waals surface area contributed by atoms with Gasteiger partial charge < -0.3 is 9.47 Å². The Morgan fingerprint density at radius 1 is 1.04 bits per heavy atom. The Balaban J connectivity index is 1.87. The predicted octanol–water partition coefficient (Wildman–Crippen LogP) is 3.75. The second-order valence-corrected chi connectivity index (χ2v) is 6.86. The average molecular weight is 384 g/mol. The Morgan fingerprint density at radius 2 is 1.82 bits per heavy atom. The maximum absolute atomic E-state index is 12.2. The molecule has 0 aliphatic rings. The number of carbonyl (C=O) groups is 2. The lowest BCUT2D eigenvalue weighted by Crippen LogP contribution is -2.43. The summed E-state index contributed by atoms with van der Waals surface area (Å²) in [6, 6.07) is 12.7. The van der Waals surface area contributed by atoms with Gasteiger partial charge in [-0.3, -0.25) is 20.4 Å². The van der Waals surface area contributed by atoms with Crippen LogP contribution in [0.25, 0.3) is 0 Å². The third-order valence-electron chi connectivity index (χ3n) is 4.03. The highest BCUT2D eigenvalue weighted by Gasteiger charge is 2.12. The van der Waals surface area contributed by atoms with Crippen molar-refractivity contribution in [3.05, 3.63) is 59.2 Å². The number of benzene rings is 2. The minimum atomic E-state index is -0.442. The van der Waals surface area contributed by atoms with Crippen LogP contribution >= 0.6 is 0 Å². The van der Waals surface area contributed by atoms with E-state index in [1.54, 1.807) is 24.3 Å². The fourth-order valence-corrected chi connectivity index (χ4v) is 2.57. The third kappa shape index (κ3) is 6.30. The van der Waals surface area contributed by atoms with Gasteiger partial charge in [0.05, 0.1) is 6.61 Å². The summed E-state index contributed by atoms with van der Waals surface area (Å²) in [5, 5.41) is 0. The van der Waals surface area contributed by atoms with Crippen LogP contribution < -0.4 is 20.3 Å². The Hall–Kier alpha value is -3.02. The third-order valence-corrected chi connectivity index (χ3v) is 4.03. The SMILES string of the molecule is CCCOc1cccc(C(=O)NNC(=O)COc2cc(C)ccc2C(C)C)c1. The normalized spacial score (nSPS) is 10.5. The fraction of sp³-hybridized carbons (Fsp3) is 0.364. The topological polar surface area (TPSA) is 76.7 Å². The Bertz CT molecular complexity index is 818. The zero-order valence-corrected chi connectivity index (χ0v) is 16.9. The van der Waals surface area contributed by atoms with Crippen molar-refractivity contribution in [2.45, 2.75) is 40.0 Å². The lowest BCUT2D eigenvalue weighted by Gasteiger charge is -2.15. The van der Waals surface area contributed by atoms with Crippen molar-refractivity contribution in [2.24, 2.45) is 0 Å². The van der Waals surface area contributed by atoms with Crippen molar-refractivity contribution < 1.29 is 19.1 Å². The molecule has 2 N–H and O–H groups in total. The van der Waals surface area contributed by atoms with Crippen LogP contribution in [0.4, 0.5) is 0 Å². The van der Waals surface area contributed by atoms with Crippen LogP contribution in [0.2, 0.25) is 0 Å². The van der Waals surface area contributed by atoms with Crippen LogP contribution in [-0.2, 0) is 4.79 Å². The first-order valence-corrected chi connectivity index (χ1v) is 9.46. The summed E-state index contributed by atoms with van der Waals surface area (Å²) in [7, 11) is 0. The molecule has 0 fully saturated rings. The van der Waals surface area contributed by atoms with E-state index >= 15 is 0 Å². The summed E-state index contributed by atoms with van der Waals surface area (Å²) >= 11 is 0. The summed E-state index contributed by atoms with van der Waals surface area (Å²) in [5.74, 6) is 0.708. The minimum Gasteiger partial charge on any atom is -0.494 e. The van der Waals surface area contributed by atoms with Crippen LogP contribution in [0.3, 0.4) is 0 Å². The van der Waals surface area contributed by atoms with Gasteiger partial charge in [-0.05, 0) is 54.7 Å². The van der Waals surface area contributed by atoms with Crippen LogP contribution in [-0.4, -0.2) is 25.0 Å². The molecule has 0 unspecified atom stereocenters. The van der Waals surface area contributed by atoms with E-state index in [1.807, 2.05) is 32.0 Å². The molecule has 2 aromatic carbocycles. The summed E-state index contributed by atoms with van der Waals surface area (Å²) in [6.07, 6.45) is 0.881. The first-order valence-electron chi connectivity index (χ1n) is 9.46. The lowest BCUT2D eigenvalue weighted by molar-refractivity contribution is -0.123. The standard InChI is InChI=1S/C22H28N2O4/c1-5-11-27-18-8-6-7-17(13-18)22(26)24-23-21(25)14-28-20-12-16(4)9-10-19(20)15(2)3/h6-10,12-13,15H,5,11,14H2,1-4H3,(H,23,25)(H,24,26). The number of hydrogen-bond donors (Lipinski definition) is 2. The molecule has 28 heavy (non-hydrogen) atoms. The van der Waals surface area contributed by atoms with Gasteiger partial charge in [0, 0.05) is 5.56 Å². The van der Waals surface area contributed by atoms with Crippen molar-refractivity contribution in [1.82, 2.24) is 10.9 Å². The lowest BCUT2D eigenvalue weighted by atomic mass is 10.0. The number of rotatable bonds is 8. The van der Waals surface area contributed by atoms with Gasteiger partial charge in [0.15, 0.2) is 6.61 Å². The van der Waals surface area contributed by atoms with Gasteiger partial charge in [0.25, 0.3) is 11.8 Å². The average Bonchev–Trinajstić information content (AvgIpc) is 2.68. The number of amides is 2. The summed E-state index contributed by atoms with van der Waals surface area (Å²) in [6.45, 7) is 8.50. The van der Waals surface area contributed by atoms with Crippen LogP contribution in [0.15, 0.2) is 42.5 Å². The molecule has 2 rings (SSSR count). The van der Waals surface area contributed by atoms with E-state index in [0.717, 1.165) is 17.5 Å². The second-order valence-electron chi connectivity index (χ2n) is 6.86. The van der Waals surface area contributed by atoms with Crippen molar-refractivity contribution in [2.75, 3.05) is 13.2 Å². The van der Waals surface area contributed by atoms with Gasteiger partial charge >= 0.3 is 0 Å². The Labute approximate surface area is 166 Å². The second kappa shape index (κ2) is 10.3. The Kier molecular flexibility index (Phi) is 7.87. The maximum atomic E-state index is 12.2. The smallest absolute Gasteiger partial charge is 0.276 e. The molecule has 0 aliphatic heterocycles. The van der Waals surface area contributed by atoms with Gasteiger partial charge in [-0.25, -0.2) is 0 Å². The molecule has 0 radical (unpaired) electrons. The van der Waals surface area contributed by atoms with Gasteiger partial charge in [0.1, 0.15) is 11.5 Å². The molecule has 6 heteroatoms. The van der Waals surface area contributed by atoms with E-state index in [2.05, 4.69) is 24.7 Å². The number of ether oxygens (including phenoxy) is 2. The minimum absolute atomic E-state index is 0.191.